The summed E-state index contributed by atoms with van der Waals surface area (Å²) in [5.41, 5.74) is 0.796. The van der Waals surface area contributed by atoms with E-state index in [0.717, 1.165) is 5.56 Å². The molecule has 0 aliphatic carbocycles. The molecule has 7 heteroatoms. The largest absolute Gasteiger partial charge is 0.445 e. The zero-order chi connectivity index (χ0) is 17.5. The fourth-order valence-electron chi connectivity index (χ4n) is 2.03. The maximum absolute atomic E-state index is 12.2. The first-order valence-electron chi connectivity index (χ1n) is 7.23. The second kappa shape index (κ2) is 7.87. The van der Waals surface area contributed by atoms with Crippen LogP contribution in [0.2, 0.25) is 0 Å². The molecular weight excluding hydrogens is 312 g/mol. The van der Waals surface area contributed by atoms with Gasteiger partial charge in [0.05, 0.1) is 11.0 Å². The molecule has 2 rings (SSSR count). The van der Waals surface area contributed by atoms with E-state index in [1.54, 1.807) is 0 Å². The van der Waals surface area contributed by atoms with Crippen molar-refractivity contribution in [2.24, 2.45) is 0 Å². The molecule has 0 aliphatic heterocycles. The lowest BCUT2D eigenvalue weighted by molar-refractivity contribution is -0.384. The summed E-state index contributed by atoms with van der Waals surface area (Å²) in [5, 5.41) is 13.2. The number of rotatable bonds is 6. The van der Waals surface area contributed by atoms with Gasteiger partial charge in [-0.15, -0.1) is 0 Å². The van der Waals surface area contributed by atoms with E-state index in [4.69, 9.17) is 4.74 Å². The summed E-state index contributed by atoms with van der Waals surface area (Å²) >= 11 is 0. The molecule has 0 unspecified atom stereocenters. The molecule has 0 fully saturated rings. The van der Waals surface area contributed by atoms with Crippen LogP contribution in [-0.2, 0) is 11.3 Å². The van der Waals surface area contributed by atoms with Gasteiger partial charge in [0.1, 0.15) is 6.61 Å². The summed E-state index contributed by atoms with van der Waals surface area (Å²) < 4.78 is 5.04. The van der Waals surface area contributed by atoms with Crippen molar-refractivity contribution in [3.63, 3.8) is 0 Å². The molecule has 1 atom stereocenters. The number of benzene rings is 2. The summed E-state index contributed by atoms with van der Waals surface area (Å²) in [6.07, 6.45) is -0.731. The normalized spacial score (nSPS) is 11.4. The topological polar surface area (TPSA) is 98.5 Å². The van der Waals surface area contributed by atoms with Crippen molar-refractivity contribution in [2.45, 2.75) is 19.6 Å². The summed E-state index contributed by atoms with van der Waals surface area (Å²) in [4.78, 5) is 34.1. The molecule has 0 heterocycles. The van der Waals surface area contributed by atoms with Crippen LogP contribution in [-0.4, -0.2) is 22.8 Å². The molecule has 2 aromatic rings. The Hall–Kier alpha value is -3.22. The first-order valence-corrected chi connectivity index (χ1v) is 7.23. The third-order valence-electron chi connectivity index (χ3n) is 3.28. The van der Waals surface area contributed by atoms with Crippen LogP contribution in [0, 0.1) is 10.1 Å². The lowest BCUT2D eigenvalue weighted by Gasteiger charge is -2.13. The standard InChI is InChI=1S/C17H16N2O5/c1-12(16(20)14-8-5-9-15(10-14)19(22)23)18-17(21)24-11-13-6-3-2-4-7-13/h2-10,12H,11H2,1H3,(H,18,21)/t12-/m0/s1. The highest BCUT2D eigenvalue weighted by atomic mass is 16.6. The van der Waals surface area contributed by atoms with Crippen LogP contribution in [0.1, 0.15) is 22.8 Å². The van der Waals surface area contributed by atoms with E-state index in [-0.39, 0.29) is 17.9 Å². The number of carbonyl (C=O) groups is 2. The van der Waals surface area contributed by atoms with Crippen molar-refractivity contribution >= 4 is 17.6 Å². The Kier molecular flexibility index (Phi) is 5.62. The number of alkyl carbamates (subject to hydrolysis) is 1. The Bertz CT molecular complexity index is 746. The number of ether oxygens (including phenoxy) is 1. The molecule has 0 bridgehead atoms. The van der Waals surface area contributed by atoms with Gasteiger partial charge < -0.3 is 10.1 Å². The van der Waals surface area contributed by atoms with Gasteiger partial charge in [0.2, 0.25) is 0 Å². The van der Waals surface area contributed by atoms with Gasteiger partial charge in [0.15, 0.2) is 5.78 Å². The first-order chi connectivity index (χ1) is 11.5. The molecule has 1 amide bonds. The number of non-ortho nitro benzene ring substituents is 1. The molecule has 0 saturated heterocycles. The smallest absolute Gasteiger partial charge is 0.408 e. The van der Waals surface area contributed by atoms with Crippen LogP contribution in [0.25, 0.3) is 0 Å². The Morgan fingerprint density at radius 2 is 1.88 bits per heavy atom. The summed E-state index contributed by atoms with van der Waals surface area (Å²) in [5.74, 6) is -0.435. The van der Waals surface area contributed by atoms with Crippen LogP contribution >= 0.6 is 0 Å². The molecule has 1 N–H and O–H groups in total. The molecule has 124 valence electrons. The summed E-state index contributed by atoms with van der Waals surface area (Å²) in [7, 11) is 0. The first kappa shape index (κ1) is 17.1. The van der Waals surface area contributed by atoms with Gasteiger partial charge in [-0.25, -0.2) is 4.79 Å². The maximum Gasteiger partial charge on any atom is 0.408 e. The quantitative estimate of drug-likeness (QED) is 0.499. The Balaban J connectivity index is 1.92. The van der Waals surface area contributed by atoms with E-state index in [1.165, 1.54) is 31.2 Å². The van der Waals surface area contributed by atoms with Crippen LogP contribution in [0.3, 0.4) is 0 Å². The van der Waals surface area contributed by atoms with Crippen LogP contribution in [0.15, 0.2) is 54.6 Å². The number of Topliss-reactive ketones (excluding diaryl/α,β-unsaturated/α-hetero) is 1. The maximum atomic E-state index is 12.2. The van der Waals surface area contributed by atoms with Crippen molar-refractivity contribution in [2.75, 3.05) is 0 Å². The predicted molar refractivity (Wildman–Crippen MR) is 86.7 cm³/mol. The lowest BCUT2D eigenvalue weighted by Crippen LogP contribution is -2.38. The highest BCUT2D eigenvalue weighted by Crippen LogP contribution is 2.14. The molecular formula is C17H16N2O5. The second-order valence-electron chi connectivity index (χ2n) is 5.10. The van der Waals surface area contributed by atoms with Gasteiger partial charge in [-0.2, -0.15) is 0 Å². The van der Waals surface area contributed by atoms with Crippen LogP contribution < -0.4 is 5.32 Å². The number of nitrogens with one attached hydrogen (secondary N) is 1. The van der Waals surface area contributed by atoms with Crippen LogP contribution in [0.4, 0.5) is 10.5 Å². The van der Waals surface area contributed by atoms with Gasteiger partial charge in [0.25, 0.3) is 5.69 Å². The molecule has 2 aromatic carbocycles. The fourth-order valence-corrected chi connectivity index (χ4v) is 2.03. The third-order valence-corrected chi connectivity index (χ3v) is 3.28. The van der Waals surface area contributed by atoms with E-state index < -0.39 is 22.8 Å². The molecule has 0 aromatic heterocycles. The molecule has 0 aliphatic rings. The summed E-state index contributed by atoms with van der Waals surface area (Å²) in [6, 6.07) is 13.6. The number of nitro benzene ring substituents is 1. The average molecular weight is 328 g/mol. The van der Waals surface area contributed by atoms with Gasteiger partial charge >= 0.3 is 6.09 Å². The van der Waals surface area contributed by atoms with E-state index in [0.29, 0.717) is 0 Å². The number of hydrogen-bond acceptors (Lipinski definition) is 5. The van der Waals surface area contributed by atoms with Gasteiger partial charge in [-0.3, -0.25) is 14.9 Å². The van der Waals surface area contributed by atoms with E-state index in [9.17, 15) is 19.7 Å². The van der Waals surface area contributed by atoms with Crippen molar-refractivity contribution in [3.05, 3.63) is 75.8 Å². The van der Waals surface area contributed by atoms with Crippen molar-refractivity contribution in [1.82, 2.24) is 5.32 Å². The predicted octanol–water partition coefficient (Wildman–Crippen LogP) is 3.09. The highest BCUT2D eigenvalue weighted by molar-refractivity contribution is 6.01. The molecule has 7 nitrogen and oxygen atoms in total. The number of nitro groups is 1. The average Bonchev–Trinajstić information content (AvgIpc) is 2.60. The number of nitrogens with zero attached hydrogens (tertiary/aromatic N) is 1. The summed E-state index contributed by atoms with van der Waals surface area (Å²) in [6.45, 7) is 1.58. The SMILES string of the molecule is C[C@H](NC(=O)OCc1ccccc1)C(=O)c1cccc([N+](=O)[O-])c1. The lowest BCUT2D eigenvalue weighted by atomic mass is 10.1. The van der Waals surface area contributed by atoms with Crippen molar-refractivity contribution in [3.8, 4) is 0 Å². The number of ketones is 1. The van der Waals surface area contributed by atoms with Crippen LogP contribution in [0.5, 0.6) is 0 Å². The minimum Gasteiger partial charge on any atom is -0.445 e. The number of carbonyl (C=O) groups excluding carboxylic acids is 2. The van der Waals surface area contributed by atoms with Gasteiger partial charge in [0, 0.05) is 17.7 Å². The number of amides is 1. The van der Waals surface area contributed by atoms with Crippen molar-refractivity contribution < 1.29 is 19.2 Å². The van der Waals surface area contributed by atoms with E-state index >= 15 is 0 Å². The Labute approximate surface area is 138 Å². The molecule has 24 heavy (non-hydrogen) atoms. The Morgan fingerprint density at radius 3 is 2.54 bits per heavy atom. The highest BCUT2D eigenvalue weighted by Gasteiger charge is 2.20. The van der Waals surface area contributed by atoms with E-state index in [2.05, 4.69) is 5.32 Å². The third kappa shape index (κ3) is 4.64. The van der Waals surface area contributed by atoms with Gasteiger partial charge in [-0.1, -0.05) is 42.5 Å². The zero-order valence-electron chi connectivity index (χ0n) is 13.0. The zero-order valence-corrected chi connectivity index (χ0v) is 13.0. The van der Waals surface area contributed by atoms with Gasteiger partial charge in [-0.05, 0) is 12.5 Å². The second-order valence-corrected chi connectivity index (χ2v) is 5.10. The van der Waals surface area contributed by atoms with Crippen molar-refractivity contribution in [1.29, 1.82) is 0 Å². The molecule has 0 radical (unpaired) electrons. The minimum absolute atomic E-state index is 0.0877. The molecule has 0 saturated carbocycles. The molecule has 0 spiro atoms. The minimum atomic E-state index is -0.865. The Morgan fingerprint density at radius 1 is 1.17 bits per heavy atom. The number of hydrogen-bond donors (Lipinski definition) is 1. The van der Waals surface area contributed by atoms with E-state index in [1.807, 2.05) is 30.3 Å². The monoisotopic (exact) mass is 328 g/mol. The fraction of sp³-hybridized carbons (Fsp3) is 0.176.